The molecule has 0 aliphatic carbocycles. The summed E-state index contributed by atoms with van der Waals surface area (Å²) in [4.78, 5) is 2.37. The van der Waals surface area contributed by atoms with Gasteiger partial charge >= 0.3 is 0 Å². The van der Waals surface area contributed by atoms with Crippen LogP contribution in [-0.2, 0) is 13.1 Å². The largest absolute Gasteiger partial charge is 0.347 e. The number of para-hydroxylation sites is 1. The molecule has 1 aromatic heterocycles. The van der Waals surface area contributed by atoms with E-state index >= 15 is 0 Å². The predicted octanol–water partition coefficient (Wildman–Crippen LogP) is 5.21. The third kappa shape index (κ3) is 4.37. The molecule has 3 aromatic rings. The fraction of sp³-hybridized carbons (Fsp3) is 0.300. The van der Waals surface area contributed by atoms with Crippen LogP contribution in [0.3, 0.4) is 0 Å². The number of nitrogens with zero attached hydrogens (tertiary/aromatic N) is 2. The van der Waals surface area contributed by atoms with E-state index < -0.39 is 0 Å². The Bertz CT molecular complexity index is 746. The Morgan fingerprint density at radius 1 is 0.957 bits per heavy atom. The zero-order valence-electron chi connectivity index (χ0n) is 13.6. The fourth-order valence-corrected chi connectivity index (χ4v) is 3.11. The van der Waals surface area contributed by atoms with Gasteiger partial charge in [-0.1, -0.05) is 41.9 Å². The molecular weight excluding hydrogens is 304 g/mol. The minimum Gasteiger partial charge on any atom is -0.347 e. The molecule has 0 saturated carbocycles. The summed E-state index contributed by atoms with van der Waals surface area (Å²) in [5.74, 6) is 0. The van der Waals surface area contributed by atoms with Gasteiger partial charge < -0.3 is 9.47 Å². The molecule has 0 amide bonds. The molecule has 0 N–H and O–H groups in total. The first kappa shape index (κ1) is 16.1. The lowest BCUT2D eigenvalue weighted by molar-refractivity contribution is 0.316. The molecule has 0 spiro atoms. The Hall–Kier alpha value is -1.77. The lowest BCUT2D eigenvalue weighted by Gasteiger charge is -2.17. The topological polar surface area (TPSA) is 8.17 Å². The second-order valence-electron chi connectivity index (χ2n) is 6.14. The number of hydrogen-bond acceptors (Lipinski definition) is 1. The predicted molar refractivity (Wildman–Crippen MR) is 99.0 cm³/mol. The number of fused-ring (bicyclic) bond motifs is 1. The van der Waals surface area contributed by atoms with Gasteiger partial charge in [0.1, 0.15) is 0 Å². The zero-order valence-corrected chi connectivity index (χ0v) is 14.3. The van der Waals surface area contributed by atoms with E-state index in [9.17, 15) is 0 Å². The van der Waals surface area contributed by atoms with Crippen molar-refractivity contribution in [1.82, 2.24) is 9.47 Å². The van der Waals surface area contributed by atoms with E-state index in [1.165, 1.54) is 29.3 Å². The van der Waals surface area contributed by atoms with Crippen molar-refractivity contribution in [3.8, 4) is 0 Å². The first-order valence-corrected chi connectivity index (χ1v) is 8.57. The summed E-state index contributed by atoms with van der Waals surface area (Å²) < 4.78 is 2.36. The van der Waals surface area contributed by atoms with Crippen LogP contribution in [0, 0.1) is 0 Å². The molecule has 0 atom stereocenters. The van der Waals surface area contributed by atoms with E-state index in [2.05, 4.69) is 65.2 Å². The quantitative estimate of drug-likeness (QED) is 0.541. The maximum absolute atomic E-state index is 5.92. The molecular formula is C20H23ClN2. The first-order chi connectivity index (χ1) is 11.2. The lowest BCUT2D eigenvalue weighted by atomic mass is 10.2. The minimum atomic E-state index is 0.801. The SMILES string of the molecule is CN(CCCCn1ccc2ccccc21)Cc1ccc(Cl)cc1. The monoisotopic (exact) mass is 326 g/mol. The Morgan fingerprint density at radius 3 is 2.57 bits per heavy atom. The van der Waals surface area contributed by atoms with Crippen LogP contribution in [0.5, 0.6) is 0 Å². The summed E-state index contributed by atoms with van der Waals surface area (Å²) in [5.41, 5.74) is 2.65. The Kier molecular flexibility index (Phi) is 5.37. The van der Waals surface area contributed by atoms with Crippen molar-refractivity contribution in [3.63, 3.8) is 0 Å². The van der Waals surface area contributed by atoms with Crippen LogP contribution in [0.4, 0.5) is 0 Å². The molecule has 120 valence electrons. The van der Waals surface area contributed by atoms with Gasteiger partial charge in [0.25, 0.3) is 0 Å². The van der Waals surface area contributed by atoms with Gasteiger partial charge in [-0.3, -0.25) is 0 Å². The number of aromatic nitrogens is 1. The van der Waals surface area contributed by atoms with Crippen molar-refractivity contribution in [2.45, 2.75) is 25.9 Å². The molecule has 0 bridgehead atoms. The number of unbranched alkanes of at least 4 members (excludes halogenated alkanes) is 1. The number of aryl methyl sites for hydroxylation is 1. The van der Waals surface area contributed by atoms with Crippen molar-refractivity contribution >= 4 is 22.5 Å². The molecule has 0 radical (unpaired) electrons. The minimum absolute atomic E-state index is 0.801. The highest BCUT2D eigenvalue weighted by Crippen LogP contribution is 2.16. The van der Waals surface area contributed by atoms with Crippen molar-refractivity contribution < 1.29 is 0 Å². The second-order valence-corrected chi connectivity index (χ2v) is 6.58. The van der Waals surface area contributed by atoms with E-state index in [-0.39, 0.29) is 0 Å². The van der Waals surface area contributed by atoms with Crippen LogP contribution in [0.25, 0.3) is 10.9 Å². The summed E-state index contributed by atoms with van der Waals surface area (Å²) in [6, 6.07) is 18.9. The molecule has 1 heterocycles. The fourth-order valence-electron chi connectivity index (χ4n) is 2.98. The van der Waals surface area contributed by atoms with Gasteiger partial charge in [-0.2, -0.15) is 0 Å². The van der Waals surface area contributed by atoms with Crippen LogP contribution in [0.15, 0.2) is 60.8 Å². The summed E-state index contributed by atoms with van der Waals surface area (Å²) in [6.45, 7) is 3.17. The highest BCUT2D eigenvalue weighted by Gasteiger charge is 2.02. The maximum atomic E-state index is 5.92. The van der Waals surface area contributed by atoms with E-state index in [4.69, 9.17) is 11.6 Å². The standard InChI is InChI=1S/C20H23ClN2/c1-22(16-17-8-10-19(21)11-9-17)13-4-5-14-23-15-12-18-6-2-3-7-20(18)23/h2-3,6-12,15H,4-5,13-14,16H2,1H3. The highest BCUT2D eigenvalue weighted by molar-refractivity contribution is 6.30. The van der Waals surface area contributed by atoms with Crippen LogP contribution in [0.2, 0.25) is 5.02 Å². The van der Waals surface area contributed by atoms with Crippen LogP contribution < -0.4 is 0 Å². The number of hydrogen-bond donors (Lipinski definition) is 0. The molecule has 2 aromatic carbocycles. The molecule has 0 unspecified atom stereocenters. The average Bonchev–Trinajstić information content (AvgIpc) is 2.97. The lowest BCUT2D eigenvalue weighted by Crippen LogP contribution is -2.19. The van der Waals surface area contributed by atoms with Gasteiger partial charge in [-0.05, 0) is 61.6 Å². The maximum Gasteiger partial charge on any atom is 0.0480 e. The molecule has 0 fully saturated rings. The van der Waals surface area contributed by atoms with Gasteiger partial charge in [0.15, 0.2) is 0 Å². The van der Waals surface area contributed by atoms with E-state index in [0.29, 0.717) is 0 Å². The van der Waals surface area contributed by atoms with Crippen molar-refractivity contribution in [1.29, 1.82) is 0 Å². The molecule has 2 nitrogen and oxygen atoms in total. The van der Waals surface area contributed by atoms with Gasteiger partial charge in [0.05, 0.1) is 0 Å². The highest BCUT2D eigenvalue weighted by atomic mass is 35.5. The van der Waals surface area contributed by atoms with Crippen molar-refractivity contribution in [2.75, 3.05) is 13.6 Å². The van der Waals surface area contributed by atoms with Gasteiger partial charge in [-0.15, -0.1) is 0 Å². The molecule has 0 aliphatic heterocycles. The van der Waals surface area contributed by atoms with Crippen LogP contribution in [0.1, 0.15) is 18.4 Å². The number of halogens is 1. The summed E-state index contributed by atoms with van der Waals surface area (Å²) in [7, 11) is 2.18. The number of rotatable bonds is 7. The molecule has 0 saturated heterocycles. The van der Waals surface area contributed by atoms with Crippen molar-refractivity contribution in [3.05, 3.63) is 71.4 Å². The first-order valence-electron chi connectivity index (χ1n) is 8.19. The molecule has 3 rings (SSSR count). The smallest absolute Gasteiger partial charge is 0.0480 e. The Balaban J connectivity index is 1.43. The second kappa shape index (κ2) is 7.67. The van der Waals surface area contributed by atoms with Gasteiger partial charge in [0, 0.05) is 29.8 Å². The molecule has 3 heteroatoms. The Labute approximate surface area is 143 Å². The van der Waals surface area contributed by atoms with E-state index in [1.807, 2.05) is 12.1 Å². The van der Waals surface area contributed by atoms with Crippen LogP contribution >= 0.6 is 11.6 Å². The van der Waals surface area contributed by atoms with Gasteiger partial charge in [0.2, 0.25) is 0 Å². The van der Waals surface area contributed by atoms with E-state index in [0.717, 1.165) is 24.7 Å². The normalized spacial score (nSPS) is 11.4. The van der Waals surface area contributed by atoms with Crippen molar-refractivity contribution in [2.24, 2.45) is 0 Å². The third-order valence-corrected chi connectivity index (χ3v) is 4.49. The average molecular weight is 327 g/mol. The molecule has 0 aliphatic rings. The van der Waals surface area contributed by atoms with Crippen LogP contribution in [-0.4, -0.2) is 23.1 Å². The summed E-state index contributed by atoms with van der Waals surface area (Å²) in [5, 5.41) is 2.13. The Morgan fingerprint density at radius 2 is 1.74 bits per heavy atom. The van der Waals surface area contributed by atoms with Gasteiger partial charge in [-0.25, -0.2) is 0 Å². The molecule has 23 heavy (non-hydrogen) atoms. The summed E-state index contributed by atoms with van der Waals surface area (Å²) in [6.07, 6.45) is 4.60. The third-order valence-electron chi connectivity index (χ3n) is 4.23. The number of benzene rings is 2. The summed E-state index contributed by atoms with van der Waals surface area (Å²) >= 11 is 5.92. The zero-order chi connectivity index (χ0) is 16.1. The van der Waals surface area contributed by atoms with E-state index in [1.54, 1.807) is 0 Å².